The van der Waals surface area contributed by atoms with Crippen molar-refractivity contribution in [2.45, 2.75) is 20.0 Å². The van der Waals surface area contributed by atoms with E-state index in [1.54, 1.807) is 13.0 Å². The molecule has 5 heteroatoms. The van der Waals surface area contributed by atoms with Crippen LogP contribution < -0.4 is 5.32 Å². The normalized spacial score (nSPS) is 10.6. The van der Waals surface area contributed by atoms with Gasteiger partial charge >= 0.3 is 5.97 Å². The van der Waals surface area contributed by atoms with Gasteiger partial charge in [0.15, 0.2) is 0 Å². The second-order valence-corrected chi connectivity index (χ2v) is 4.23. The smallest absolute Gasteiger partial charge is 0.371 e. The zero-order valence-corrected chi connectivity index (χ0v) is 10.4. The van der Waals surface area contributed by atoms with E-state index in [1.165, 1.54) is 18.2 Å². The summed E-state index contributed by atoms with van der Waals surface area (Å²) in [4.78, 5) is 10.7. The van der Waals surface area contributed by atoms with Crippen molar-refractivity contribution in [1.82, 2.24) is 5.32 Å². The molecular formula is C14H14FNO3. The number of aryl methyl sites for hydroxylation is 1. The van der Waals surface area contributed by atoms with Gasteiger partial charge < -0.3 is 14.8 Å². The van der Waals surface area contributed by atoms with Gasteiger partial charge in [0, 0.05) is 18.7 Å². The van der Waals surface area contributed by atoms with Crippen LogP contribution in [-0.4, -0.2) is 11.1 Å². The molecule has 100 valence electrons. The largest absolute Gasteiger partial charge is 0.475 e. The van der Waals surface area contributed by atoms with Crippen molar-refractivity contribution in [1.29, 1.82) is 0 Å². The van der Waals surface area contributed by atoms with Crippen LogP contribution in [0.2, 0.25) is 0 Å². The van der Waals surface area contributed by atoms with Crippen LogP contribution in [0.25, 0.3) is 0 Å². The van der Waals surface area contributed by atoms with Crippen LogP contribution in [0.4, 0.5) is 4.39 Å². The lowest BCUT2D eigenvalue weighted by Crippen LogP contribution is -2.12. The predicted molar refractivity (Wildman–Crippen MR) is 67.3 cm³/mol. The number of furan rings is 1. The molecule has 0 radical (unpaired) electrons. The Morgan fingerprint density at radius 3 is 2.79 bits per heavy atom. The Bertz CT molecular complexity index is 592. The summed E-state index contributed by atoms with van der Waals surface area (Å²) in [5.41, 5.74) is 1.62. The maximum Gasteiger partial charge on any atom is 0.371 e. The van der Waals surface area contributed by atoms with Crippen LogP contribution >= 0.6 is 0 Å². The molecule has 0 aliphatic heterocycles. The molecule has 0 aliphatic carbocycles. The number of aromatic carboxylic acids is 1. The molecule has 0 spiro atoms. The van der Waals surface area contributed by atoms with Crippen LogP contribution in [-0.2, 0) is 13.1 Å². The molecule has 0 amide bonds. The maximum absolute atomic E-state index is 13.0. The minimum atomic E-state index is -1.08. The minimum absolute atomic E-state index is 0.0694. The summed E-state index contributed by atoms with van der Waals surface area (Å²) in [6.45, 7) is 2.69. The second kappa shape index (κ2) is 5.67. The molecule has 1 aromatic heterocycles. The summed E-state index contributed by atoms with van der Waals surface area (Å²) < 4.78 is 18.1. The number of rotatable bonds is 5. The summed E-state index contributed by atoms with van der Waals surface area (Å²) >= 11 is 0. The highest BCUT2D eigenvalue weighted by atomic mass is 19.1. The molecule has 0 fully saturated rings. The molecule has 0 saturated heterocycles. The minimum Gasteiger partial charge on any atom is -0.475 e. The highest BCUT2D eigenvalue weighted by Gasteiger charge is 2.12. The van der Waals surface area contributed by atoms with E-state index >= 15 is 0 Å². The number of hydrogen-bond acceptors (Lipinski definition) is 3. The van der Waals surface area contributed by atoms with E-state index in [1.807, 2.05) is 6.07 Å². The first-order chi connectivity index (χ1) is 9.06. The van der Waals surface area contributed by atoms with Crippen molar-refractivity contribution in [3.05, 3.63) is 58.8 Å². The average Bonchev–Trinajstić information content (AvgIpc) is 2.71. The van der Waals surface area contributed by atoms with Crippen molar-refractivity contribution in [2.75, 3.05) is 0 Å². The molecular weight excluding hydrogens is 249 g/mol. The van der Waals surface area contributed by atoms with Gasteiger partial charge in [0.05, 0.1) is 0 Å². The number of benzene rings is 1. The fraction of sp³-hybridized carbons (Fsp3) is 0.214. The maximum atomic E-state index is 13.0. The van der Waals surface area contributed by atoms with E-state index in [-0.39, 0.29) is 11.6 Å². The lowest BCUT2D eigenvalue weighted by Gasteiger charge is -2.04. The van der Waals surface area contributed by atoms with Crippen molar-refractivity contribution < 1.29 is 18.7 Å². The summed E-state index contributed by atoms with van der Waals surface area (Å²) in [6, 6.07) is 7.82. The summed E-state index contributed by atoms with van der Waals surface area (Å²) in [7, 11) is 0. The predicted octanol–water partition coefficient (Wildman–Crippen LogP) is 2.72. The number of carbonyl (C=O) groups is 1. The van der Waals surface area contributed by atoms with Crippen molar-refractivity contribution in [3.63, 3.8) is 0 Å². The Morgan fingerprint density at radius 2 is 2.16 bits per heavy atom. The molecule has 1 heterocycles. The summed E-state index contributed by atoms with van der Waals surface area (Å²) in [5, 5.41) is 11.9. The summed E-state index contributed by atoms with van der Waals surface area (Å²) in [6.07, 6.45) is 0. The number of carboxylic acids is 1. The number of hydrogen-bond donors (Lipinski definition) is 2. The zero-order valence-electron chi connectivity index (χ0n) is 10.4. The Balaban J connectivity index is 1.94. The monoisotopic (exact) mass is 263 g/mol. The molecule has 0 bridgehead atoms. The fourth-order valence-electron chi connectivity index (χ4n) is 1.79. The molecule has 1 aromatic carbocycles. The van der Waals surface area contributed by atoms with E-state index in [2.05, 4.69) is 5.32 Å². The van der Waals surface area contributed by atoms with Gasteiger partial charge in [-0.15, -0.1) is 0 Å². The molecule has 2 aromatic rings. The first-order valence-electron chi connectivity index (χ1n) is 5.84. The summed E-state index contributed by atoms with van der Waals surface area (Å²) in [5.74, 6) is -0.851. The average molecular weight is 263 g/mol. The third-order valence-electron chi connectivity index (χ3n) is 2.76. The van der Waals surface area contributed by atoms with Gasteiger partial charge in [-0.3, -0.25) is 0 Å². The van der Waals surface area contributed by atoms with E-state index in [0.29, 0.717) is 18.8 Å². The number of carboxylic acid groups (broad SMARTS) is 1. The van der Waals surface area contributed by atoms with Gasteiger partial charge in [-0.25, -0.2) is 9.18 Å². The van der Waals surface area contributed by atoms with Gasteiger partial charge in [-0.1, -0.05) is 12.1 Å². The molecule has 19 heavy (non-hydrogen) atoms. The third kappa shape index (κ3) is 3.42. The number of halogens is 1. The Labute approximate surface area is 109 Å². The first-order valence-corrected chi connectivity index (χ1v) is 5.84. The highest BCUT2D eigenvalue weighted by molar-refractivity contribution is 5.84. The molecule has 2 N–H and O–H groups in total. The number of nitrogens with one attached hydrogen (secondary N) is 1. The Kier molecular flexibility index (Phi) is 3.97. The molecule has 2 rings (SSSR count). The van der Waals surface area contributed by atoms with E-state index in [9.17, 15) is 9.18 Å². The van der Waals surface area contributed by atoms with E-state index < -0.39 is 5.97 Å². The second-order valence-electron chi connectivity index (χ2n) is 4.23. The standard InChI is InChI=1S/C14H14FNO3/c1-9-11(6-13(19-9)14(17)18)8-16-7-10-3-2-4-12(15)5-10/h2-6,16H,7-8H2,1H3,(H,17,18). The zero-order chi connectivity index (χ0) is 13.8. The van der Waals surface area contributed by atoms with Gasteiger partial charge in [-0.05, 0) is 30.7 Å². The van der Waals surface area contributed by atoms with Gasteiger partial charge in [0.2, 0.25) is 5.76 Å². The lowest BCUT2D eigenvalue weighted by atomic mass is 10.2. The molecule has 4 nitrogen and oxygen atoms in total. The van der Waals surface area contributed by atoms with Gasteiger partial charge in [0.25, 0.3) is 0 Å². The molecule has 0 unspecified atom stereocenters. The fourth-order valence-corrected chi connectivity index (χ4v) is 1.79. The topological polar surface area (TPSA) is 62.5 Å². The Hall–Kier alpha value is -2.14. The van der Waals surface area contributed by atoms with Gasteiger partial charge in [0.1, 0.15) is 11.6 Å². The van der Waals surface area contributed by atoms with Gasteiger partial charge in [-0.2, -0.15) is 0 Å². The van der Waals surface area contributed by atoms with Crippen molar-refractivity contribution in [3.8, 4) is 0 Å². The Morgan fingerprint density at radius 1 is 1.37 bits per heavy atom. The van der Waals surface area contributed by atoms with Crippen LogP contribution in [0, 0.1) is 12.7 Å². The lowest BCUT2D eigenvalue weighted by molar-refractivity contribution is 0.0661. The highest BCUT2D eigenvalue weighted by Crippen LogP contribution is 2.14. The van der Waals surface area contributed by atoms with Crippen LogP contribution in [0.3, 0.4) is 0 Å². The third-order valence-corrected chi connectivity index (χ3v) is 2.76. The quantitative estimate of drug-likeness (QED) is 0.870. The first kappa shape index (κ1) is 13.3. The van der Waals surface area contributed by atoms with Crippen LogP contribution in [0.5, 0.6) is 0 Å². The van der Waals surface area contributed by atoms with Crippen LogP contribution in [0.15, 0.2) is 34.7 Å². The van der Waals surface area contributed by atoms with Crippen molar-refractivity contribution >= 4 is 5.97 Å². The van der Waals surface area contributed by atoms with E-state index in [0.717, 1.165) is 11.1 Å². The van der Waals surface area contributed by atoms with Crippen LogP contribution in [0.1, 0.15) is 27.4 Å². The SMILES string of the molecule is Cc1oc(C(=O)O)cc1CNCc1cccc(F)c1. The molecule has 0 atom stereocenters. The molecule has 0 saturated carbocycles. The van der Waals surface area contributed by atoms with E-state index in [4.69, 9.17) is 9.52 Å². The molecule has 0 aliphatic rings. The van der Waals surface area contributed by atoms with Crippen molar-refractivity contribution in [2.24, 2.45) is 0 Å².